The number of aliphatic hydroxyl groups is 1. The van der Waals surface area contributed by atoms with Crippen LogP contribution in [0, 0.1) is 11.8 Å². The van der Waals surface area contributed by atoms with E-state index >= 15 is 4.79 Å². The molecular formula is C48H49N3O7. The van der Waals surface area contributed by atoms with Gasteiger partial charge in [-0.2, -0.15) is 0 Å². The standard InChI is InChI=1S/C48H49N3O7/c1-32-45(47(2,3)35-19-22-37(56-4)23-20-35)42(28-43(53)49(25-26-52)29-33-13-7-5-8-14-33)58-48(32)38-27-36(51-40-17-11-12-18-41(40)57-31-44(51)54)21-24-39(38)50(46(48)55)30-34-15-9-6-10-16-34/h5-24,27,32,42,45,52H,25-26,28-31H2,1-4H3/t32-,42+,45-,48+/m1/s1. The number of para-hydroxylation sites is 2. The van der Waals surface area contributed by atoms with E-state index in [0.29, 0.717) is 41.5 Å². The molecule has 3 aliphatic rings. The second-order valence-corrected chi connectivity index (χ2v) is 15.9. The minimum atomic E-state index is -1.50. The van der Waals surface area contributed by atoms with E-state index in [4.69, 9.17) is 14.2 Å². The molecule has 0 bridgehead atoms. The van der Waals surface area contributed by atoms with Crippen LogP contribution < -0.4 is 19.3 Å². The average Bonchev–Trinajstić information content (AvgIpc) is 3.66. The van der Waals surface area contributed by atoms with Crippen LogP contribution in [0.1, 0.15) is 49.4 Å². The van der Waals surface area contributed by atoms with Gasteiger partial charge in [0.1, 0.15) is 11.5 Å². The molecule has 1 saturated heterocycles. The Morgan fingerprint density at radius 2 is 1.55 bits per heavy atom. The summed E-state index contributed by atoms with van der Waals surface area (Å²) in [5.74, 6) is -0.110. The first-order valence-electron chi connectivity index (χ1n) is 19.9. The minimum Gasteiger partial charge on any atom is -0.497 e. The summed E-state index contributed by atoms with van der Waals surface area (Å²) in [6, 6.07) is 40.6. The van der Waals surface area contributed by atoms with Crippen LogP contribution in [-0.4, -0.2) is 60.7 Å². The molecule has 0 aromatic heterocycles. The molecule has 1 N–H and O–H groups in total. The zero-order valence-corrected chi connectivity index (χ0v) is 33.3. The quantitative estimate of drug-likeness (QED) is 0.140. The van der Waals surface area contributed by atoms with Gasteiger partial charge in [0.05, 0.1) is 44.2 Å². The fraction of sp³-hybridized carbons (Fsp3) is 0.312. The number of rotatable bonds is 12. The molecule has 5 aromatic carbocycles. The van der Waals surface area contributed by atoms with Crippen molar-refractivity contribution in [2.24, 2.45) is 11.8 Å². The first-order chi connectivity index (χ1) is 28.1. The second-order valence-electron chi connectivity index (χ2n) is 15.9. The lowest BCUT2D eigenvalue weighted by atomic mass is 9.63. The molecular weight excluding hydrogens is 731 g/mol. The first kappa shape index (κ1) is 38.9. The fourth-order valence-corrected chi connectivity index (χ4v) is 9.47. The van der Waals surface area contributed by atoms with Crippen LogP contribution >= 0.6 is 0 Å². The Balaban J connectivity index is 1.26. The summed E-state index contributed by atoms with van der Waals surface area (Å²) in [4.78, 5) is 48.8. The topological polar surface area (TPSA) is 109 Å². The number of methoxy groups -OCH3 is 1. The highest BCUT2D eigenvalue weighted by Crippen LogP contribution is 2.60. The number of hydrogen-bond acceptors (Lipinski definition) is 7. The third-order valence-electron chi connectivity index (χ3n) is 12.3. The molecule has 10 nitrogen and oxygen atoms in total. The van der Waals surface area contributed by atoms with Crippen LogP contribution in [0.5, 0.6) is 11.5 Å². The largest absolute Gasteiger partial charge is 0.497 e. The number of carbonyl (C=O) groups is 3. The van der Waals surface area contributed by atoms with Gasteiger partial charge < -0.3 is 29.1 Å². The minimum absolute atomic E-state index is 0.0144. The molecule has 10 heteroatoms. The number of amides is 3. The van der Waals surface area contributed by atoms with Crippen molar-refractivity contribution in [2.45, 2.75) is 57.4 Å². The van der Waals surface area contributed by atoms with Crippen LogP contribution in [0.4, 0.5) is 17.1 Å². The Hall–Kier alpha value is -5.97. The third kappa shape index (κ3) is 6.80. The number of hydrogen-bond donors (Lipinski definition) is 1. The van der Waals surface area contributed by atoms with Gasteiger partial charge >= 0.3 is 0 Å². The summed E-state index contributed by atoms with van der Waals surface area (Å²) >= 11 is 0. The maximum absolute atomic E-state index is 15.5. The Morgan fingerprint density at radius 1 is 0.879 bits per heavy atom. The van der Waals surface area contributed by atoms with Gasteiger partial charge in [0.15, 0.2) is 12.2 Å². The maximum Gasteiger partial charge on any atom is 0.269 e. The van der Waals surface area contributed by atoms with E-state index in [-0.39, 0.29) is 49.8 Å². The van der Waals surface area contributed by atoms with Gasteiger partial charge in [-0.05, 0) is 64.6 Å². The Morgan fingerprint density at radius 3 is 2.24 bits per heavy atom. The third-order valence-corrected chi connectivity index (χ3v) is 12.3. The van der Waals surface area contributed by atoms with Gasteiger partial charge in [-0.3, -0.25) is 19.3 Å². The summed E-state index contributed by atoms with van der Waals surface area (Å²) in [7, 11) is 1.63. The van der Waals surface area contributed by atoms with E-state index < -0.39 is 23.0 Å². The van der Waals surface area contributed by atoms with E-state index in [1.807, 2.05) is 127 Å². The smallest absolute Gasteiger partial charge is 0.269 e. The molecule has 298 valence electrons. The summed E-state index contributed by atoms with van der Waals surface area (Å²) in [6.45, 7) is 6.81. The van der Waals surface area contributed by atoms with Crippen LogP contribution in [0.3, 0.4) is 0 Å². The summed E-state index contributed by atoms with van der Waals surface area (Å²) in [5, 5.41) is 10.1. The predicted octanol–water partition coefficient (Wildman–Crippen LogP) is 7.53. The molecule has 0 radical (unpaired) electrons. The normalized spacial score (nSPS) is 21.2. The molecule has 0 aliphatic carbocycles. The summed E-state index contributed by atoms with van der Waals surface area (Å²) < 4.78 is 18.6. The summed E-state index contributed by atoms with van der Waals surface area (Å²) in [5.41, 5.74) is 3.34. The van der Waals surface area contributed by atoms with Crippen molar-refractivity contribution < 1.29 is 33.7 Å². The number of benzene rings is 5. The highest BCUT2D eigenvalue weighted by atomic mass is 16.5. The van der Waals surface area contributed by atoms with Crippen molar-refractivity contribution in [1.82, 2.24) is 4.90 Å². The molecule has 8 rings (SSSR count). The van der Waals surface area contributed by atoms with E-state index in [9.17, 15) is 14.7 Å². The number of aliphatic hydroxyl groups excluding tert-OH is 1. The molecule has 4 atom stereocenters. The van der Waals surface area contributed by atoms with E-state index in [0.717, 1.165) is 22.4 Å². The SMILES string of the molecule is COc1ccc(C(C)(C)[C@H]2[C@H](CC(=O)N(CCO)Cc3ccccc3)O[C@@]3(C(=O)N(Cc4ccccc4)c4ccc(N5C(=O)COc6ccccc65)cc43)[C@@H]2C)cc1. The van der Waals surface area contributed by atoms with E-state index in [1.54, 1.807) is 21.8 Å². The van der Waals surface area contributed by atoms with E-state index in [2.05, 4.69) is 20.8 Å². The van der Waals surface area contributed by atoms with Gasteiger partial charge in [-0.1, -0.05) is 106 Å². The Kier molecular flexibility index (Phi) is 10.6. The maximum atomic E-state index is 15.5. The fourth-order valence-electron chi connectivity index (χ4n) is 9.47. The zero-order valence-electron chi connectivity index (χ0n) is 33.3. The van der Waals surface area contributed by atoms with Crippen LogP contribution in [-0.2, 0) is 43.2 Å². The molecule has 1 fully saturated rings. The number of ether oxygens (including phenoxy) is 3. The number of fused-ring (bicyclic) bond motifs is 3. The van der Waals surface area contributed by atoms with Gasteiger partial charge in [-0.15, -0.1) is 0 Å². The lowest BCUT2D eigenvalue weighted by Crippen LogP contribution is -2.46. The van der Waals surface area contributed by atoms with Gasteiger partial charge in [0, 0.05) is 36.2 Å². The summed E-state index contributed by atoms with van der Waals surface area (Å²) in [6.07, 6.45) is -0.723. The van der Waals surface area contributed by atoms with Crippen LogP contribution in [0.2, 0.25) is 0 Å². The highest BCUT2D eigenvalue weighted by molar-refractivity contribution is 6.09. The number of carbonyl (C=O) groups excluding carboxylic acids is 3. The lowest BCUT2D eigenvalue weighted by molar-refractivity contribution is -0.150. The van der Waals surface area contributed by atoms with E-state index in [1.165, 1.54) is 0 Å². The van der Waals surface area contributed by atoms with Crippen molar-refractivity contribution in [2.75, 3.05) is 36.7 Å². The van der Waals surface area contributed by atoms with Crippen molar-refractivity contribution in [3.63, 3.8) is 0 Å². The monoisotopic (exact) mass is 779 g/mol. The number of nitrogens with zero attached hydrogens (tertiary/aromatic N) is 3. The van der Waals surface area contributed by atoms with Crippen LogP contribution in [0.25, 0.3) is 0 Å². The lowest BCUT2D eigenvalue weighted by Gasteiger charge is -2.39. The zero-order chi connectivity index (χ0) is 40.6. The van der Waals surface area contributed by atoms with Gasteiger partial charge in [0.2, 0.25) is 5.91 Å². The molecule has 0 unspecified atom stereocenters. The second kappa shape index (κ2) is 15.8. The molecule has 3 amide bonds. The van der Waals surface area contributed by atoms with Crippen molar-refractivity contribution in [1.29, 1.82) is 0 Å². The number of anilines is 3. The van der Waals surface area contributed by atoms with Gasteiger partial charge in [0.25, 0.3) is 11.8 Å². The molecule has 1 spiro atoms. The molecule has 3 heterocycles. The van der Waals surface area contributed by atoms with Crippen molar-refractivity contribution in [3.8, 4) is 11.5 Å². The Bertz CT molecular complexity index is 2300. The highest BCUT2D eigenvalue weighted by Gasteiger charge is 2.66. The van der Waals surface area contributed by atoms with Crippen molar-refractivity contribution in [3.05, 3.63) is 150 Å². The molecule has 58 heavy (non-hydrogen) atoms. The van der Waals surface area contributed by atoms with Crippen LogP contribution in [0.15, 0.2) is 127 Å². The molecule has 5 aromatic rings. The Labute approximate surface area is 339 Å². The van der Waals surface area contributed by atoms with Crippen molar-refractivity contribution >= 4 is 34.8 Å². The predicted molar refractivity (Wildman–Crippen MR) is 222 cm³/mol. The molecule has 0 saturated carbocycles. The first-order valence-corrected chi connectivity index (χ1v) is 19.9. The molecule has 3 aliphatic heterocycles. The van der Waals surface area contributed by atoms with Gasteiger partial charge in [-0.25, -0.2) is 0 Å². The average molecular weight is 780 g/mol.